The molecule has 2 aromatic carbocycles. The first-order valence-electron chi connectivity index (χ1n) is 9.78. The Kier molecular flexibility index (Phi) is 7.08. The van der Waals surface area contributed by atoms with Crippen molar-refractivity contribution in [2.45, 2.75) is 6.92 Å². The quantitative estimate of drug-likeness (QED) is 0.725. The van der Waals surface area contributed by atoms with E-state index in [1.807, 2.05) is 18.2 Å². The summed E-state index contributed by atoms with van der Waals surface area (Å²) in [5.74, 6) is 0.433. The second kappa shape index (κ2) is 9.93. The highest BCUT2D eigenvalue weighted by atomic mass is 16.5. The molecule has 1 amide bonds. The van der Waals surface area contributed by atoms with Gasteiger partial charge in [0.05, 0.1) is 31.5 Å². The van der Waals surface area contributed by atoms with Crippen LogP contribution in [0.2, 0.25) is 0 Å². The van der Waals surface area contributed by atoms with Crippen LogP contribution in [0.1, 0.15) is 17.3 Å². The lowest BCUT2D eigenvalue weighted by Gasteiger charge is -2.36. The maximum absolute atomic E-state index is 12.4. The van der Waals surface area contributed by atoms with Crippen molar-refractivity contribution in [3.63, 3.8) is 0 Å². The molecule has 1 aliphatic rings. The highest BCUT2D eigenvalue weighted by Gasteiger charge is 2.21. The number of nitrogens with one attached hydrogen (secondary N) is 1. The first-order chi connectivity index (χ1) is 14.1. The summed E-state index contributed by atoms with van der Waals surface area (Å²) in [5, 5.41) is 2.88. The first-order valence-corrected chi connectivity index (χ1v) is 9.78. The zero-order valence-electron chi connectivity index (χ0n) is 16.9. The predicted molar refractivity (Wildman–Crippen MR) is 113 cm³/mol. The summed E-state index contributed by atoms with van der Waals surface area (Å²) in [6.45, 7) is 5.70. The smallest absolute Gasteiger partial charge is 0.338 e. The Bertz CT molecular complexity index is 830. The van der Waals surface area contributed by atoms with Crippen molar-refractivity contribution in [1.29, 1.82) is 0 Å². The van der Waals surface area contributed by atoms with E-state index >= 15 is 0 Å². The minimum atomic E-state index is -0.363. The van der Waals surface area contributed by atoms with Crippen LogP contribution in [0.3, 0.4) is 0 Å². The number of carbonyl (C=O) groups excluding carboxylic acids is 2. The molecule has 1 aliphatic heterocycles. The van der Waals surface area contributed by atoms with Crippen LogP contribution in [0.15, 0.2) is 48.5 Å². The Morgan fingerprint density at radius 1 is 1.00 bits per heavy atom. The van der Waals surface area contributed by atoms with E-state index in [4.69, 9.17) is 9.47 Å². The second-order valence-corrected chi connectivity index (χ2v) is 6.78. The van der Waals surface area contributed by atoms with Gasteiger partial charge < -0.3 is 19.7 Å². The zero-order chi connectivity index (χ0) is 20.6. The van der Waals surface area contributed by atoms with E-state index in [1.165, 1.54) is 0 Å². The molecule has 0 radical (unpaired) electrons. The van der Waals surface area contributed by atoms with Crippen molar-refractivity contribution in [1.82, 2.24) is 4.90 Å². The van der Waals surface area contributed by atoms with E-state index in [0.717, 1.165) is 37.6 Å². The van der Waals surface area contributed by atoms with Crippen LogP contribution >= 0.6 is 0 Å². The molecule has 1 fully saturated rings. The van der Waals surface area contributed by atoms with E-state index in [9.17, 15) is 9.59 Å². The summed E-state index contributed by atoms with van der Waals surface area (Å²) in [5.41, 5.74) is 2.22. The number of amides is 1. The van der Waals surface area contributed by atoms with E-state index in [-0.39, 0.29) is 11.9 Å². The maximum Gasteiger partial charge on any atom is 0.338 e. The topological polar surface area (TPSA) is 71.1 Å². The maximum atomic E-state index is 12.4. The number of esters is 1. The minimum Gasteiger partial charge on any atom is -0.495 e. The molecule has 0 spiro atoms. The molecular weight excluding hydrogens is 370 g/mol. The van der Waals surface area contributed by atoms with Crippen LogP contribution in [-0.4, -0.2) is 63.2 Å². The van der Waals surface area contributed by atoms with Gasteiger partial charge in [0.25, 0.3) is 0 Å². The summed E-state index contributed by atoms with van der Waals surface area (Å²) >= 11 is 0. The number of carbonyl (C=O) groups is 2. The Morgan fingerprint density at radius 2 is 1.69 bits per heavy atom. The number of ether oxygens (including phenoxy) is 2. The van der Waals surface area contributed by atoms with Crippen molar-refractivity contribution in [3.8, 4) is 5.75 Å². The molecule has 0 bridgehead atoms. The number of anilines is 2. The molecule has 0 aromatic heterocycles. The minimum absolute atomic E-state index is 0.0698. The molecular formula is C22H27N3O4. The van der Waals surface area contributed by atoms with Crippen LogP contribution in [0.4, 0.5) is 11.4 Å². The third kappa shape index (κ3) is 5.48. The molecule has 1 N–H and O–H groups in total. The van der Waals surface area contributed by atoms with Gasteiger partial charge in [-0.1, -0.05) is 12.1 Å². The lowest BCUT2D eigenvalue weighted by Crippen LogP contribution is -2.48. The lowest BCUT2D eigenvalue weighted by molar-refractivity contribution is -0.117. The average molecular weight is 397 g/mol. The summed E-state index contributed by atoms with van der Waals surface area (Å²) in [6.07, 6.45) is 0. The molecule has 0 saturated carbocycles. The molecule has 7 nitrogen and oxygen atoms in total. The largest absolute Gasteiger partial charge is 0.495 e. The molecule has 1 saturated heterocycles. The standard InChI is InChI=1S/C22H27N3O4/c1-3-29-22(27)17-8-10-18(11-9-17)23-21(26)16-24-12-14-25(15-13-24)19-6-4-5-7-20(19)28-2/h4-11H,3,12-16H2,1-2H3,(H,23,26). The number of benzene rings is 2. The van der Waals surface area contributed by atoms with E-state index in [2.05, 4.69) is 21.2 Å². The van der Waals surface area contributed by atoms with Crippen LogP contribution in [0.5, 0.6) is 5.75 Å². The zero-order valence-corrected chi connectivity index (χ0v) is 16.9. The third-order valence-electron chi connectivity index (χ3n) is 4.85. The number of nitrogens with zero attached hydrogens (tertiary/aromatic N) is 2. The summed E-state index contributed by atoms with van der Waals surface area (Å²) < 4.78 is 10.4. The van der Waals surface area contributed by atoms with Crippen LogP contribution in [-0.2, 0) is 9.53 Å². The van der Waals surface area contributed by atoms with Crippen molar-refractivity contribution in [2.24, 2.45) is 0 Å². The van der Waals surface area contributed by atoms with Gasteiger partial charge in [-0.25, -0.2) is 4.79 Å². The van der Waals surface area contributed by atoms with Gasteiger partial charge >= 0.3 is 5.97 Å². The molecule has 154 valence electrons. The monoisotopic (exact) mass is 397 g/mol. The fourth-order valence-corrected chi connectivity index (χ4v) is 3.35. The molecule has 7 heteroatoms. The Hall–Kier alpha value is -3.06. The molecule has 2 aromatic rings. The van der Waals surface area contributed by atoms with Crippen LogP contribution in [0.25, 0.3) is 0 Å². The fourth-order valence-electron chi connectivity index (χ4n) is 3.35. The number of hydrogen-bond donors (Lipinski definition) is 1. The van der Waals surface area contributed by atoms with Crippen LogP contribution in [0, 0.1) is 0 Å². The molecule has 3 rings (SSSR count). The molecule has 0 atom stereocenters. The molecule has 0 unspecified atom stereocenters. The van der Waals surface area contributed by atoms with Crippen LogP contribution < -0.4 is 15.0 Å². The van der Waals surface area contributed by atoms with E-state index in [0.29, 0.717) is 24.4 Å². The highest BCUT2D eigenvalue weighted by Crippen LogP contribution is 2.28. The van der Waals surface area contributed by atoms with Crippen molar-refractivity contribution in [2.75, 3.05) is 56.7 Å². The van der Waals surface area contributed by atoms with Gasteiger partial charge in [-0.2, -0.15) is 0 Å². The van der Waals surface area contributed by atoms with Gasteiger partial charge in [0.2, 0.25) is 5.91 Å². The van der Waals surface area contributed by atoms with Crippen molar-refractivity contribution < 1.29 is 19.1 Å². The molecule has 1 heterocycles. The Labute approximate surface area is 171 Å². The van der Waals surface area contributed by atoms with Crippen molar-refractivity contribution >= 4 is 23.3 Å². The van der Waals surface area contributed by atoms with E-state index < -0.39 is 0 Å². The average Bonchev–Trinajstić information content (AvgIpc) is 2.75. The number of piperazine rings is 1. The van der Waals surface area contributed by atoms with E-state index in [1.54, 1.807) is 38.3 Å². The van der Waals surface area contributed by atoms with Gasteiger partial charge in [-0.05, 0) is 43.3 Å². The number of hydrogen-bond acceptors (Lipinski definition) is 6. The lowest BCUT2D eigenvalue weighted by atomic mass is 10.2. The fraction of sp³-hybridized carbons (Fsp3) is 0.364. The highest BCUT2D eigenvalue weighted by molar-refractivity contribution is 5.94. The normalized spacial score (nSPS) is 14.3. The van der Waals surface area contributed by atoms with Gasteiger partial charge in [0, 0.05) is 31.9 Å². The van der Waals surface area contributed by atoms with Crippen molar-refractivity contribution in [3.05, 3.63) is 54.1 Å². The number of methoxy groups -OCH3 is 1. The Morgan fingerprint density at radius 3 is 2.34 bits per heavy atom. The summed E-state index contributed by atoms with van der Waals surface area (Å²) in [7, 11) is 1.68. The molecule has 29 heavy (non-hydrogen) atoms. The summed E-state index contributed by atoms with van der Waals surface area (Å²) in [6, 6.07) is 14.7. The van der Waals surface area contributed by atoms with Gasteiger partial charge in [-0.15, -0.1) is 0 Å². The first kappa shape index (κ1) is 20.7. The van der Waals surface area contributed by atoms with Gasteiger partial charge in [-0.3, -0.25) is 9.69 Å². The third-order valence-corrected chi connectivity index (χ3v) is 4.85. The Balaban J connectivity index is 1.48. The summed E-state index contributed by atoms with van der Waals surface area (Å²) in [4.78, 5) is 28.5. The van der Waals surface area contributed by atoms with Gasteiger partial charge in [0.1, 0.15) is 5.75 Å². The number of rotatable bonds is 7. The molecule has 0 aliphatic carbocycles. The second-order valence-electron chi connectivity index (χ2n) is 6.78. The van der Waals surface area contributed by atoms with Gasteiger partial charge in [0.15, 0.2) is 0 Å². The SMILES string of the molecule is CCOC(=O)c1ccc(NC(=O)CN2CCN(c3ccccc3OC)CC2)cc1. The number of para-hydroxylation sites is 2. The predicted octanol–water partition coefficient (Wildman–Crippen LogP) is 2.63.